The summed E-state index contributed by atoms with van der Waals surface area (Å²) in [5, 5.41) is 17.0. The Labute approximate surface area is 54.9 Å². The van der Waals surface area contributed by atoms with Crippen molar-refractivity contribution in [2.24, 2.45) is 25.8 Å². The van der Waals surface area contributed by atoms with Crippen molar-refractivity contribution in [2.75, 3.05) is 0 Å². The second-order valence-electron chi connectivity index (χ2n) is 1.74. The molecule has 0 fully saturated rings. The fraction of sp³-hybridized carbons (Fsp3) is 0.333. The molecule has 0 saturated carbocycles. The van der Waals surface area contributed by atoms with Gasteiger partial charge in [0, 0.05) is 0 Å². The van der Waals surface area contributed by atoms with Crippen molar-refractivity contribution in [2.45, 2.75) is 6.04 Å². The van der Waals surface area contributed by atoms with E-state index in [9.17, 15) is 4.79 Å². The highest BCUT2D eigenvalue weighted by Crippen LogP contribution is 2.09. The summed E-state index contributed by atoms with van der Waals surface area (Å²) in [5.41, 5.74) is 2.14. The zero-order chi connectivity index (χ0) is 6.97. The molecule has 2 aliphatic rings. The molecule has 0 aromatic rings. The molecule has 1 atom stereocenters. The first kappa shape index (κ1) is 5.15. The van der Waals surface area contributed by atoms with Gasteiger partial charge >= 0.3 is 0 Å². The van der Waals surface area contributed by atoms with Crippen LogP contribution in [0, 0.1) is 0 Å². The summed E-state index contributed by atoms with van der Waals surface area (Å²) in [6.45, 7) is 0. The average Bonchev–Trinajstić information content (AvgIpc) is 2.36. The van der Waals surface area contributed by atoms with E-state index in [0.717, 1.165) is 0 Å². The van der Waals surface area contributed by atoms with Gasteiger partial charge in [0.2, 0.25) is 11.9 Å². The molecule has 2 heterocycles. The van der Waals surface area contributed by atoms with Crippen LogP contribution in [0.2, 0.25) is 0 Å². The molecule has 7 nitrogen and oxygen atoms in total. The van der Waals surface area contributed by atoms with E-state index in [0.29, 0.717) is 0 Å². The van der Waals surface area contributed by atoms with Crippen molar-refractivity contribution in [3.05, 3.63) is 0 Å². The van der Waals surface area contributed by atoms with Gasteiger partial charge < -0.3 is 0 Å². The van der Waals surface area contributed by atoms with Crippen molar-refractivity contribution in [3.8, 4) is 0 Å². The minimum Gasteiger partial charge on any atom is -0.270 e. The molecule has 0 spiro atoms. The van der Waals surface area contributed by atoms with Crippen LogP contribution in [-0.2, 0) is 4.79 Å². The molecular formula is C3H2N6O. The van der Waals surface area contributed by atoms with Gasteiger partial charge in [-0.25, -0.2) is 5.43 Å². The van der Waals surface area contributed by atoms with Crippen LogP contribution in [0.5, 0.6) is 0 Å². The third-order valence-electron chi connectivity index (χ3n) is 1.12. The summed E-state index contributed by atoms with van der Waals surface area (Å²) in [6, 6.07) is -0.669. The first-order chi connectivity index (χ1) is 4.88. The van der Waals surface area contributed by atoms with E-state index in [2.05, 4.69) is 31.2 Å². The zero-order valence-corrected chi connectivity index (χ0v) is 4.72. The number of carbonyl (C=O) groups is 1. The summed E-state index contributed by atoms with van der Waals surface area (Å²) in [5.74, 6) is -0.0845. The van der Waals surface area contributed by atoms with Gasteiger partial charge in [0.1, 0.15) is 0 Å². The van der Waals surface area contributed by atoms with E-state index in [-0.39, 0.29) is 11.7 Å². The third-order valence-corrected chi connectivity index (χ3v) is 1.12. The van der Waals surface area contributed by atoms with Gasteiger partial charge in [-0.15, -0.1) is 15.3 Å². The largest absolute Gasteiger partial charge is 0.276 e. The molecule has 0 bridgehead atoms. The number of amides is 1. The van der Waals surface area contributed by atoms with Crippen molar-refractivity contribution >= 4 is 11.7 Å². The summed E-state index contributed by atoms with van der Waals surface area (Å²) < 4.78 is 0. The van der Waals surface area contributed by atoms with Gasteiger partial charge in [-0.3, -0.25) is 4.79 Å². The Hall–Kier alpha value is -1.66. The monoisotopic (exact) mass is 138 g/mol. The first-order valence-corrected chi connectivity index (χ1v) is 2.56. The molecule has 1 amide bonds. The molecule has 0 aromatic carbocycles. The number of nitrogens with zero attached hydrogens (tertiary/aromatic N) is 5. The standard InChI is InChI=1S/C3H2N6O/c10-3-1-2(5-8-4-1)6-9-7-3/h1H,(H,4,5,6,7,10). The van der Waals surface area contributed by atoms with E-state index >= 15 is 0 Å². The highest BCUT2D eigenvalue weighted by molar-refractivity contribution is 6.08. The first-order valence-electron chi connectivity index (χ1n) is 2.56. The van der Waals surface area contributed by atoms with E-state index in [1.807, 2.05) is 0 Å². The Morgan fingerprint density at radius 3 is 3.20 bits per heavy atom. The second-order valence-corrected chi connectivity index (χ2v) is 1.74. The second kappa shape index (κ2) is 1.66. The Balaban J connectivity index is 2.41. The summed E-state index contributed by atoms with van der Waals surface area (Å²) in [4.78, 5) is 10.8. The van der Waals surface area contributed by atoms with Crippen molar-refractivity contribution < 1.29 is 4.79 Å². The van der Waals surface area contributed by atoms with Crippen LogP contribution < -0.4 is 5.43 Å². The van der Waals surface area contributed by atoms with Crippen LogP contribution in [-0.4, -0.2) is 17.8 Å². The minimum absolute atomic E-state index is 0.253. The zero-order valence-electron chi connectivity index (χ0n) is 4.72. The molecule has 7 heteroatoms. The SMILES string of the molecule is O=C1NN=NC2=NN=NC12. The molecule has 0 saturated heterocycles. The number of hydrogen-bond donors (Lipinski definition) is 1. The van der Waals surface area contributed by atoms with Gasteiger partial charge in [0.15, 0.2) is 0 Å². The highest BCUT2D eigenvalue weighted by Gasteiger charge is 2.31. The maximum atomic E-state index is 10.8. The normalized spacial score (nSPS) is 27.8. The molecular weight excluding hydrogens is 136 g/mol. The van der Waals surface area contributed by atoms with E-state index in [1.54, 1.807) is 0 Å². The molecule has 50 valence electrons. The maximum Gasteiger partial charge on any atom is 0.276 e. The van der Waals surface area contributed by atoms with Gasteiger partial charge in [0.05, 0.1) is 0 Å². The minimum atomic E-state index is -0.669. The van der Waals surface area contributed by atoms with Crippen LogP contribution in [0.25, 0.3) is 0 Å². The molecule has 2 rings (SSSR count). The molecule has 1 N–H and O–H groups in total. The predicted octanol–water partition coefficient (Wildman–Crippen LogP) is -0.369. The van der Waals surface area contributed by atoms with E-state index < -0.39 is 6.04 Å². The number of carbonyl (C=O) groups excluding carboxylic acids is 1. The smallest absolute Gasteiger partial charge is 0.270 e. The van der Waals surface area contributed by atoms with Crippen LogP contribution in [0.15, 0.2) is 25.8 Å². The number of hydrogen-bond acceptors (Lipinski definition) is 6. The van der Waals surface area contributed by atoms with Crippen molar-refractivity contribution in [3.63, 3.8) is 0 Å². The molecule has 1 unspecified atom stereocenters. The fourth-order valence-corrected chi connectivity index (χ4v) is 0.661. The number of rotatable bonds is 0. The van der Waals surface area contributed by atoms with Crippen LogP contribution in [0.3, 0.4) is 0 Å². The lowest BCUT2D eigenvalue weighted by molar-refractivity contribution is -0.121. The third kappa shape index (κ3) is 0.537. The van der Waals surface area contributed by atoms with Gasteiger partial charge in [0.25, 0.3) is 5.91 Å². The van der Waals surface area contributed by atoms with Crippen LogP contribution in [0.4, 0.5) is 0 Å². The van der Waals surface area contributed by atoms with Crippen LogP contribution in [0.1, 0.15) is 0 Å². The lowest BCUT2D eigenvalue weighted by Gasteiger charge is -2.05. The Morgan fingerprint density at radius 2 is 2.40 bits per heavy atom. The fourth-order valence-electron chi connectivity index (χ4n) is 0.661. The quantitative estimate of drug-likeness (QED) is 0.486. The lowest BCUT2D eigenvalue weighted by atomic mass is 10.3. The van der Waals surface area contributed by atoms with Gasteiger partial charge in [-0.05, 0) is 5.22 Å². The van der Waals surface area contributed by atoms with Crippen molar-refractivity contribution in [1.82, 2.24) is 5.43 Å². The van der Waals surface area contributed by atoms with E-state index in [4.69, 9.17) is 0 Å². The van der Waals surface area contributed by atoms with Crippen LogP contribution >= 0.6 is 0 Å². The average molecular weight is 138 g/mol. The Bertz CT molecular complexity index is 264. The maximum absolute atomic E-state index is 10.8. The van der Waals surface area contributed by atoms with Crippen molar-refractivity contribution in [1.29, 1.82) is 0 Å². The van der Waals surface area contributed by atoms with Gasteiger partial charge in [-0.2, -0.15) is 0 Å². The molecule has 0 radical (unpaired) electrons. The predicted molar refractivity (Wildman–Crippen MR) is 29.1 cm³/mol. The molecule has 10 heavy (non-hydrogen) atoms. The number of fused-ring (bicyclic) bond motifs is 1. The van der Waals surface area contributed by atoms with Gasteiger partial charge in [-0.1, -0.05) is 5.22 Å². The Morgan fingerprint density at radius 1 is 1.50 bits per heavy atom. The Kier molecular flexibility index (Phi) is 0.854. The topological polar surface area (TPSA) is 90.9 Å². The molecule has 0 aliphatic carbocycles. The number of nitrogens with one attached hydrogen (secondary N) is 1. The molecule has 0 aromatic heterocycles. The lowest BCUT2D eigenvalue weighted by Crippen LogP contribution is -2.37. The summed E-state index contributed by atoms with van der Waals surface area (Å²) in [6.07, 6.45) is 0. The number of amidine groups is 1. The summed E-state index contributed by atoms with van der Waals surface area (Å²) >= 11 is 0. The molecule has 2 aliphatic heterocycles. The summed E-state index contributed by atoms with van der Waals surface area (Å²) in [7, 11) is 0. The van der Waals surface area contributed by atoms with E-state index in [1.165, 1.54) is 0 Å². The highest BCUT2D eigenvalue weighted by atomic mass is 16.2.